The lowest BCUT2D eigenvalue weighted by molar-refractivity contribution is -0.136. The number of hydrogen-bond acceptors (Lipinski definition) is 6. The predicted octanol–water partition coefficient (Wildman–Crippen LogP) is 2.81. The summed E-state index contributed by atoms with van der Waals surface area (Å²) in [4.78, 5) is 40.9. The van der Waals surface area contributed by atoms with Crippen LogP contribution in [0, 0.1) is 5.82 Å². The van der Waals surface area contributed by atoms with Gasteiger partial charge < -0.3 is 15.0 Å². The van der Waals surface area contributed by atoms with E-state index in [2.05, 4.69) is 10.2 Å². The average molecular weight is 500 g/mol. The minimum atomic E-state index is -3.36. The smallest absolute Gasteiger partial charge is 0.255 e. The third-order valence-corrected chi connectivity index (χ3v) is 6.49. The van der Waals surface area contributed by atoms with Gasteiger partial charge in [-0.15, -0.1) is 0 Å². The Bertz CT molecular complexity index is 1420. The molecule has 0 aromatic heterocycles. The van der Waals surface area contributed by atoms with Gasteiger partial charge in [0, 0.05) is 72.5 Å². The summed E-state index contributed by atoms with van der Waals surface area (Å²) in [6, 6.07) is 6.75. The third-order valence-electron chi connectivity index (χ3n) is 6.49. The molecule has 0 radical (unpaired) electrons. The minimum absolute atomic E-state index is 0.0473. The van der Waals surface area contributed by atoms with Crippen molar-refractivity contribution >= 4 is 23.4 Å². The summed E-state index contributed by atoms with van der Waals surface area (Å²) < 4.78 is 62.4. The maximum Gasteiger partial charge on any atom is 0.255 e. The number of fused-ring (bicyclic) bond motifs is 1. The molecule has 190 valence electrons. The van der Waals surface area contributed by atoms with Gasteiger partial charge in [-0.1, -0.05) is 24.3 Å². The zero-order valence-corrected chi connectivity index (χ0v) is 20.1. The number of benzene rings is 2. The number of rotatable bonds is 6. The summed E-state index contributed by atoms with van der Waals surface area (Å²) >= 11 is 0. The molecule has 3 heterocycles. The van der Waals surface area contributed by atoms with Crippen molar-refractivity contribution in [3.63, 3.8) is 0 Å². The lowest BCUT2D eigenvalue weighted by Gasteiger charge is -2.35. The van der Waals surface area contributed by atoms with Crippen LogP contribution in [0.4, 0.5) is 10.1 Å². The fourth-order valence-electron chi connectivity index (χ4n) is 4.97. The van der Waals surface area contributed by atoms with Crippen molar-refractivity contribution in [3.05, 3.63) is 64.5 Å². The SMILES string of the molecule is [2H]C1([2H])C(=O)NC(=O)C([2H])(N2Cc3c(NCc4cccc(CN5CC(C)OC(C)C5)c4F)cccc3C2=O)C1([2H])[2H]. The monoisotopic (exact) mass is 499 g/mol. The first-order valence-electron chi connectivity index (χ1n) is 14.4. The highest BCUT2D eigenvalue weighted by atomic mass is 19.1. The Morgan fingerprint density at radius 1 is 1.14 bits per heavy atom. The van der Waals surface area contributed by atoms with Gasteiger partial charge in [0.05, 0.1) is 13.6 Å². The van der Waals surface area contributed by atoms with Gasteiger partial charge in [0.1, 0.15) is 11.8 Å². The molecule has 2 aromatic rings. The van der Waals surface area contributed by atoms with E-state index >= 15 is 4.39 Å². The van der Waals surface area contributed by atoms with Gasteiger partial charge in [-0.25, -0.2) is 4.39 Å². The van der Waals surface area contributed by atoms with Crippen molar-refractivity contribution in [1.29, 1.82) is 0 Å². The first-order valence-corrected chi connectivity index (χ1v) is 11.9. The topological polar surface area (TPSA) is 91.0 Å². The molecule has 2 N–H and O–H groups in total. The first kappa shape index (κ1) is 18.9. The van der Waals surface area contributed by atoms with Crippen LogP contribution in [0.5, 0.6) is 0 Å². The van der Waals surface area contributed by atoms with E-state index in [1.54, 1.807) is 35.6 Å². The van der Waals surface area contributed by atoms with Gasteiger partial charge in [-0.2, -0.15) is 0 Å². The normalized spacial score (nSPS) is 31.5. The van der Waals surface area contributed by atoms with E-state index in [-0.39, 0.29) is 30.1 Å². The Morgan fingerprint density at radius 2 is 1.86 bits per heavy atom. The molecule has 3 unspecified atom stereocenters. The highest BCUT2D eigenvalue weighted by Crippen LogP contribution is 2.32. The summed E-state index contributed by atoms with van der Waals surface area (Å²) in [6.07, 6.45) is -6.51. The van der Waals surface area contributed by atoms with Gasteiger partial charge in [0.2, 0.25) is 11.8 Å². The summed E-state index contributed by atoms with van der Waals surface area (Å²) in [7, 11) is 0. The molecular weight excluding hydrogens is 463 g/mol. The number of nitrogens with zero attached hydrogens (tertiary/aromatic N) is 2. The van der Waals surface area contributed by atoms with Crippen LogP contribution in [-0.4, -0.2) is 58.8 Å². The van der Waals surface area contributed by atoms with Crippen LogP contribution in [0.2, 0.25) is 0 Å². The molecule has 0 spiro atoms. The summed E-state index contributed by atoms with van der Waals surface area (Å²) in [5.41, 5.74) is 1.78. The number of morpholine rings is 1. The van der Waals surface area contributed by atoms with Crippen molar-refractivity contribution in [2.45, 2.75) is 64.5 Å². The van der Waals surface area contributed by atoms with E-state index in [1.165, 1.54) is 6.07 Å². The van der Waals surface area contributed by atoms with Gasteiger partial charge >= 0.3 is 0 Å². The molecule has 0 bridgehead atoms. The van der Waals surface area contributed by atoms with Crippen molar-refractivity contribution in [3.8, 4) is 0 Å². The Hall–Kier alpha value is -3.30. The Labute approximate surface area is 216 Å². The third kappa shape index (κ3) is 4.85. The Morgan fingerprint density at radius 3 is 2.64 bits per heavy atom. The molecule has 5 rings (SSSR count). The predicted molar refractivity (Wildman–Crippen MR) is 131 cm³/mol. The Kier molecular flexibility index (Phi) is 5.24. The number of carbonyl (C=O) groups excluding carboxylic acids is 3. The number of piperidine rings is 1. The van der Waals surface area contributed by atoms with E-state index in [1.807, 2.05) is 13.8 Å². The summed E-state index contributed by atoms with van der Waals surface area (Å²) in [6.45, 7) is 5.44. The van der Waals surface area contributed by atoms with Gasteiger partial charge in [-0.05, 0) is 32.4 Å². The number of hydrogen-bond donors (Lipinski definition) is 2. The van der Waals surface area contributed by atoms with Crippen molar-refractivity contribution < 1.29 is 30.4 Å². The maximum atomic E-state index is 15.5. The largest absolute Gasteiger partial charge is 0.381 e. The number of amides is 3. The van der Waals surface area contributed by atoms with Crippen LogP contribution in [0.25, 0.3) is 0 Å². The van der Waals surface area contributed by atoms with Gasteiger partial charge in [-0.3, -0.25) is 24.6 Å². The molecule has 3 amide bonds. The zero-order valence-electron chi connectivity index (χ0n) is 25.1. The second-order valence-electron chi connectivity index (χ2n) is 9.30. The van der Waals surface area contributed by atoms with Crippen LogP contribution in [0.15, 0.2) is 36.4 Å². The molecule has 9 heteroatoms. The number of ether oxygens (including phenoxy) is 1. The number of imide groups is 1. The molecule has 3 aliphatic rings. The molecule has 8 nitrogen and oxygen atoms in total. The van der Waals surface area contributed by atoms with Crippen LogP contribution >= 0.6 is 0 Å². The molecule has 2 fully saturated rings. The van der Waals surface area contributed by atoms with E-state index in [0.29, 0.717) is 46.9 Å². The average Bonchev–Trinajstić information content (AvgIpc) is 3.24. The van der Waals surface area contributed by atoms with Gasteiger partial charge in [0.25, 0.3) is 5.91 Å². The van der Waals surface area contributed by atoms with Crippen molar-refractivity contribution in [2.75, 3.05) is 18.4 Å². The zero-order chi connectivity index (χ0) is 29.9. The molecule has 2 saturated heterocycles. The summed E-state index contributed by atoms with van der Waals surface area (Å²) in [5, 5.41) is 4.83. The molecular formula is C27H31FN4O4. The maximum absolute atomic E-state index is 15.5. The van der Waals surface area contributed by atoms with Crippen molar-refractivity contribution in [2.24, 2.45) is 0 Å². The molecule has 3 aliphatic heterocycles. The van der Waals surface area contributed by atoms with E-state index in [9.17, 15) is 14.4 Å². The quantitative estimate of drug-likeness (QED) is 0.594. The lowest BCUT2D eigenvalue weighted by Crippen LogP contribution is -2.52. The van der Waals surface area contributed by atoms with E-state index in [0.717, 1.165) is 0 Å². The molecule has 36 heavy (non-hydrogen) atoms. The highest BCUT2D eigenvalue weighted by molar-refractivity contribution is 6.06. The van der Waals surface area contributed by atoms with Crippen LogP contribution in [-0.2, 0) is 34.0 Å². The van der Waals surface area contributed by atoms with Crippen LogP contribution < -0.4 is 10.6 Å². The number of anilines is 1. The fourth-order valence-corrected chi connectivity index (χ4v) is 4.97. The molecule has 2 aromatic carbocycles. The van der Waals surface area contributed by atoms with Crippen LogP contribution in [0.1, 0.15) is 60.5 Å². The van der Waals surface area contributed by atoms with Crippen molar-refractivity contribution in [1.82, 2.24) is 15.1 Å². The Balaban J connectivity index is 1.37. The molecule has 0 saturated carbocycles. The van der Waals surface area contributed by atoms with E-state index < -0.39 is 43.0 Å². The number of carbonyl (C=O) groups is 3. The van der Waals surface area contributed by atoms with Gasteiger partial charge in [0.15, 0.2) is 0 Å². The number of halogens is 1. The summed E-state index contributed by atoms with van der Waals surface area (Å²) in [5.74, 6) is -4.16. The second-order valence-corrected chi connectivity index (χ2v) is 9.30. The number of nitrogens with one attached hydrogen (secondary N) is 2. The first-order chi connectivity index (χ1) is 19.2. The second kappa shape index (κ2) is 9.99. The molecule has 0 aliphatic carbocycles. The lowest BCUT2D eigenvalue weighted by atomic mass is 10.0. The minimum Gasteiger partial charge on any atom is -0.381 e. The fraction of sp³-hybridized carbons (Fsp3) is 0.444. The van der Waals surface area contributed by atoms with E-state index in [4.69, 9.17) is 11.6 Å². The highest BCUT2D eigenvalue weighted by Gasteiger charge is 2.39. The van der Waals surface area contributed by atoms with Crippen LogP contribution in [0.3, 0.4) is 0 Å². The standard InChI is InChI=1S/C27H31FN4O4/c1-16-12-31(13-17(2)36-16)14-19-6-3-5-18(25(19)28)11-29-22-8-4-7-20-21(22)15-32(27(20)35)23-9-10-24(33)30-26(23)34/h3-8,16-17,23,29H,9-15H2,1-2H3,(H,30,33,34)/i9D2,10D2,23D. The molecule has 3 atom stereocenters.